The lowest BCUT2D eigenvalue weighted by Gasteiger charge is -2.29. The number of likely N-dealkylation sites (N-methyl/N-ethyl adjacent to an activating group) is 1. The number of fused-ring (bicyclic) bond motifs is 2. The molecule has 1 atom stereocenters. The van der Waals surface area contributed by atoms with Gasteiger partial charge in [0.25, 0.3) is 5.91 Å². The van der Waals surface area contributed by atoms with E-state index in [1.165, 1.54) is 0 Å². The van der Waals surface area contributed by atoms with Gasteiger partial charge in [-0.25, -0.2) is 0 Å². The van der Waals surface area contributed by atoms with Crippen molar-refractivity contribution in [2.75, 3.05) is 18.6 Å². The van der Waals surface area contributed by atoms with Crippen molar-refractivity contribution >= 4 is 22.4 Å². The molecule has 3 aromatic carbocycles. The summed E-state index contributed by atoms with van der Waals surface area (Å²) in [6, 6.07) is 21.4. The molecule has 0 bridgehead atoms. The average Bonchev–Trinajstić information content (AvgIpc) is 2.66. The second-order valence-electron chi connectivity index (χ2n) is 5.79. The maximum Gasteiger partial charge on any atom is 0.271 e. The summed E-state index contributed by atoms with van der Waals surface area (Å²) in [6.07, 6.45) is -0.642. The molecule has 0 saturated heterocycles. The van der Waals surface area contributed by atoms with Crippen LogP contribution >= 0.6 is 0 Å². The zero-order valence-corrected chi connectivity index (χ0v) is 13.3. The Morgan fingerprint density at radius 3 is 2.50 bits per heavy atom. The normalized spacial score (nSPS) is 16.0. The largest absolute Gasteiger partial charge is 0.485 e. The van der Waals surface area contributed by atoms with Crippen LogP contribution in [0.25, 0.3) is 10.8 Å². The van der Waals surface area contributed by atoms with E-state index in [2.05, 4.69) is 6.07 Å². The van der Waals surface area contributed by atoms with E-state index in [0.29, 0.717) is 11.5 Å². The Bertz CT molecular complexity index is 906. The molecule has 0 saturated carbocycles. The first kappa shape index (κ1) is 14.6. The highest BCUT2D eigenvalue weighted by molar-refractivity contribution is 5.98. The zero-order chi connectivity index (χ0) is 16.5. The molecule has 0 fully saturated rings. The number of carbonyl (C=O) groups is 1. The van der Waals surface area contributed by atoms with Crippen molar-refractivity contribution in [1.82, 2.24) is 0 Å². The van der Waals surface area contributed by atoms with Gasteiger partial charge in [-0.05, 0) is 35.0 Å². The molecule has 0 aliphatic carbocycles. The molecule has 1 heterocycles. The van der Waals surface area contributed by atoms with Crippen LogP contribution in [-0.4, -0.2) is 25.7 Å². The van der Waals surface area contributed by atoms with E-state index in [1.54, 1.807) is 11.9 Å². The van der Waals surface area contributed by atoms with Gasteiger partial charge in [-0.3, -0.25) is 4.79 Å². The monoisotopic (exact) mass is 319 g/mol. The van der Waals surface area contributed by atoms with Crippen LogP contribution in [-0.2, 0) is 4.79 Å². The van der Waals surface area contributed by atoms with E-state index >= 15 is 0 Å². The van der Waals surface area contributed by atoms with Gasteiger partial charge in [0, 0.05) is 12.7 Å². The summed E-state index contributed by atoms with van der Waals surface area (Å²) in [5, 5.41) is 2.24. The average molecular weight is 319 g/mol. The fourth-order valence-corrected chi connectivity index (χ4v) is 2.87. The molecule has 4 rings (SSSR count). The molecule has 120 valence electrons. The molecule has 1 aliphatic heterocycles. The van der Waals surface area contributed by atoms with Crippen LogP contribution in [0.4, 0.5) is 5.69 Å². The number of benzene rings is 3. The minimum Gasteiger partial charge on any atom is -0.485 e. The van der Waals surface area contributed by atoms with E-state index in [4.69, 9.17) is 9.47 Å². The number of ether oxygens (including phenoxy) is 2. The SMILES string of the molecule is CN(C(=O)C1COc2ccccc2O1)c1ccc2ccccc2c1. The van der Waals surface area contributed by atoms with Gasteiger partial charge < -0.3 is 14.4 Å². The number of amides is 1. The minimum absolute atomic E-state index is 0.125. The van der Waals surface area contributed by atoms with Crippen LogP contribution in [0.5, 0.6) is 11.5 Å². The lowest BCUT2D eigenvalue weighted by atomic mass is 10.1. The molecule has 0 spiro atoms. The summed E-state index contributed by atoms with van der Waals surface area (Å²) >= 11 is 0. The second-order valence-corrected chi connectivity index (χ2v) is 5.79. The quantitative estimate of drug-likeness (QED) is 0.724. The first-order valence-electron chi connectivity index (χ1n) is 7.87. The van der Waals surface area contributed by atoms with Crippen molar-refractivity contribution in [1.29, 1.82) is 0 Å². The number of carbonyl (C=O) groups excluding carboxylic acids is 1. The maximum absolute atomic E-state index is 12.8. The Labute approximate surface area is 140 Å². The predicted molar refractivity (Wildman–Crippen MR) is 93.7 cm³/mol. The molecule has 0 aromatic heterocycles. The van der Waals surface area contributed by atoms with Crippen molar-refractivity contribution in [2.24, 2.45) is 0 Å². The third-order valence-electron chi connectivity index (χ3n) is 4.23. The summed E-state index contributed by atoms with van der Waals surface area (Å²) in [6.45, 7) is 0.216. The molecule has 4 heteroatoms. The van der Waals surface area contributed by atoms with Crippen molar-refractivity contribution < 1.29 is 14.3 Å². The second kappa shape index (κ2) is 5.89. The molecular weight excluding hydrogens is 302 g/mol. The molecule has 4 nitrogen and oxygen atoms in total. The van der Waals surface area contributed by atoms with Gasteiger partial charge in [0.2, 0.25) is 6.10 Å². The number of rotatable bonds is 2. The van der Waals surface area contributed by atoms with Gasteiger partial charge in [-0.15, -0.1) is 0 Å². The lowest BCUT2D eigenvalue weighted by molar-refractivity contribution is -0.127. The molecule has 1 unspecified atom stereocenters. The van der Waals surface area contributed by atoms with Gasteiger partial charge >= 0.3 is 0 Å². The van der Waals surface area contributed by atoms with Crippen LogP contribution in [0.15, 0.2) is 66.7 Å². The van der Waals surface area contributed by atoms with Gasteiger partial charge in [0.05, 0.1) is 0 Å². The third kappa shape index (κ3) is 2.56. The summed E-state index contributed by atoms with van der Waals surface area (Å²) in [7, 11) is 1.76. The predicted octanol–water partition coefficient (Wildman–Crippen LogP) is 3.64. The number of hydrogen-bond acceptors (Lipinski definition) is 3. The van der Waals surface area contributed by atoms with E-state index in [-0.39, 0.29) is 12.5 Å². The van der Waals surface area contributed by atoms with Gasteiger partial charge in [-0.1, -0.05) is 42.5 Å². The number of hydrogen-bond donors (Lipinski definition) is 0. The summed E-state index contributed by atoms with van der Waals surface area (Å²) in [5.41, 5.74) is 0.834. The Morgan fingerprint density at radius 2 is 1.67 bits per heavy atom. The summed E-state index contributed by atoms with van der Waals surface area (Å²) in [5.74, 6) is 1.16. The van der Waals surface area contributed by atoms with Crippen molar-refractivity contribution in [3.05, 3.63) is 66.7 Å². The zero-order valence-electron chi connectivity index (χ0n) is 13.3. The van der Waals surface area contributed by atoms with Crippen LogP contribution in [0, 0.1) is 0 Å². The standard InChI is InChI=1S/C20H17NO3/c1-21(16-11-10-14-6-2-3-7-15(14)12-16)20(22)19-13-23-17-8-4-5-9-18(17)24-19/h2-12,19H,13H2,1H3. The Balaban J connectivity index is 1.57. The van der Waals surface area contributed by atoms with Crippen LogP contribution in [0.3, 0.4) is 0 Å². The molecule has 1 amide bonds. The number of para-hydroxylation sites is 2. The third-order valence-corrected chi connectivity index (χ3v) is 4.23. The van der Waals surface area contributed by atoms with Gasteiger partial charge in [0.1, 0.15) is 6.61 Å². The highest BCUT2D eigenvalue weighted by Gasteiger charge is 2.30. The van der Waals surface area contributed by atoms with Gasteiger partial charge in [-0.2, -0.15) is 0 Å². The Kier molecular flexibility index (Phi) is 3.58. The molecule has 3 aromatic rings. The highest BCUT2D eigenvalue weighted by atomic mass is 16.6. The first-order chi connectivity index (χ1) is 11.7. The number of anilines is 1. The molecule has 0 N–H and O–H groups in total. The van der Waals surface area contributed by atoms with Crippen molar-refractivity contribution in [3.8, 4) is 11.5 Å². The van der Waals surface area contributed by atoms with E-state index in [1.807, 2.05) is 60.7 Å². The van der Waals surface area contributed by atoms with Crippen LogP contribution < -0.4 is 14.4 Å². The topological polar surface area (TPSA) is 38.8 Å². The van der Waals surface area contributed by atoms with Crippen LogP contribution in [0.1, 0.15) is 0 Å². The molecule has 1 aliphatic rings. The maximum atomic E-state index is 12.8. The Hall–Kier alpha value is -3.01. The fraction of sp³-hybridized carbons (Fsp3) is 0.150. The number of nitrogens with zero attached hydrogens (tertiary/aromatic N) is 1. The lowest BCUT2D eigenvalue weighted by Crippen LogP contribution is -2.45. The van der Waals surface area contributed by atoms with E-state index in [0.717, 1.165) is 16.5 Å². The van der Waals surface area contributed by atoms with E-state index < -0.39 is 6.10 Å². The highest BCUT2D eigenvalue weighted by Crippen LogP contribution is 2.31. The smallest absolute Gasteiger partial charge is 0.271 e. The first-order valence-corrected chi connectivity index (χ1v) is 7.87. The van der Waals surface area contributed by atoms with E-state index in [9.17, 15) is 4.79 Å². The van der Waals surface area contributed by atoms with Crippen molar-refractivity contribution in [2.45, 2.75) is 6.10 Å². The fourth-order valence-electron chi connectivity index (χ4n) is 2.87. The van der Waals surface area contributed by atoms with Gasteiger partial charge in [0.15, 0.2) is 11.5 Å². The molecule has 24 heavy (non-hydrogen) atoms. The summed E-state index contributed by atoms with van der Waals surface area (Å²) in [4.78, 5) is 14.4. The molecule has 0 radical (unpaired) electrons. The molecular formula is C20H17NO3. The van der Waals surface area contributed by atoms with Crippen molar-refractivity contribution in [3.63, 3.8) is 0 Å². The summed E-state index contributed by atoms with van der Waals surface area (Å²) < 4.78 is 11.4. The van der Waals surface area contributed by atoms with Crippen LogP contribution in [0.2, 0.25) is 0 Å². The Morgan fingerprint density at radius 1 is 0.958 bits per heavy atom. The minimum atomic E-state index is -0.642.